The molecule has 0 bridgehead atoms. The Labute approximate surface area is 185 Å². The third-order valence-corrected chi connectivity index (χ3v) is 6.17. The summed E-state index contributed by atoms with van der Waals surface area (Å²) in [5, 5.41) is 12.3. The van der Waals surface area contributed by atoms with Gasteiger partial charge in [0.2, 0.25) is 0 Å². The van der Waals surface area contributed by atoms with Crippen LogP contribution < -0.4 is 10.2 Å². The number of hydrogen-bond acceptors (Lipinski definition) is 5. The van der Waals surface area contributed by atoms with Crippen LogP contribution in [-0.2, 0) is 14.3 Å². The molecular weight excluding hydrogens is 390 g/mol. The maximum Gasteiger partial charge on any atom is 0.331 e. The van der Waals surface area contributed by atoms with Gasteiger partial charge in [-0.2, -0.15) is 5.26 Å². The molecule has 3 rings (SSSR count). The van der Waals surface area contributed by atoms with Crippen molar-refractivity contribution in [3.05, 3.63) is 35.9 Å². The maximum absolute atomic E-state index is 12.2. The normalized spacial score (nSPS) is 19.1. The standard InChI is InChI=1S/C25H33N3O3/c26-20-25(15-5-1-2-6-16-25)27-23(29)19-31-24(30)14-11-21-9-12-22(13-10-21)28-17-7-3-4-8-18-28/h9-14H,1-8,15-19H2,(H,27,29)/b14-11+. The van der Waals surface area contributed by atoms with Gasteiger partial charge in [-0.3, -0.25) is 4.79 Å². The Morgan fingerprint density at radius 2 is 1.61 bits per heavy atom. The number of benzene rings is 1. The average molecular weight is 424 g/mol. The van der Waals surface area contributed by atoms with Gasteiger partial charge in [0.05, 0.1) is 6.07 Å². The van der Waals surface area contributed by atoms with E-state index in [0.717, 1.165) is 44.3 Å². The Balaban J connectivity index is 1.45. The van der Waals surface area contributed by atoms with E-state index >= 15 is 0 Å². The van der Waals surface area contributed by atoms with E-state index in [4.69, 9.17) is 4.74 Å². The lowest BCUT2D eigenvalue weighted by molar-refractivity contribution is -0.144. The number of amides is 1. The summed E-state index contributed by atoms with van der Waals surface area (Å²) in [6.07, 6.45) is 13.4. The van der Waals surface area contributed by atoms with Crippen molar-refractivity contribution >= 4 is 23.6 Å². The molecule has 6 nitrogen and oxygen atoms in total. The first kappa shape index (κ1) is 22.9. The number of carbonyl (C=O) groups is 2. The van der Waals surface area contributed by atoms with E-state index < -0.39 is 17.4 Å². The van der Waals surface area contributed by atoms with Gasteiger partial charge in [-0.05, 0) is 49.5 Å². The SMILES string of the molecule is N#CC1(NC(=O)COC(=O)/C=C/c2ccc(N3CCCCCC3)cc2)CCCCCC1. The number of nitrogens with zero attached hydrogens (tertiary/aromatic N) is 2. The van der Waals surface area contributed by atoms with E-state index in [-0.39, 0.29) is 6.61 Å². The zero-order chi connectivity index (χ0) is 21.9. The van der Waals surface area contributed by atoms with Crippen LogP contribution in [0, 0.1) is 11.3 Å². The van der Waals surface area contributed by atoms with Crippen LogP contribution in [0.3, 0.4) is 0 Å². The van der Waals surface area contributed by atoms with Crippen molar-refractivity contribution in [2.75, 3.05) is 24.6 Å². The van der Waals surface area contributed by atoms with Crippen LogP contribution in [0.2, 0.25) is 0 Å². The van der Waals surface area contributed by atoms with Crippen molar-refractivity contribution in [3.63, 3.8) is 0 Å². The lowest BCUT2D eigenvalue weighted by Gasteiger charge is -2.26. The van der Waals surface area contributed by atoms with Gasteiger partial charge in [0.25, 0.3) is 5.91 Å². The number of rotatable bonds is 6. The largest absolute Gasteiger partial charge is 0.452 e. The molecule has 6 heteroatoms. The molecule has 1 N–H and O–H groups in total. The topological polar surface area (TPSA) is 82.4 Å². The van der Waals surface area contributed by atoms with Gasteiger partial charge < -0.3 is 15.0 Å². The van der Waals surface area contributed by atoms with Gasteiger partial charge in [-0.15, -0.1) is 0 Å². The highest BCUT2D eigenvalue weighted by atomic mass is 16.5. The van der Waals surface area contributed by atoms with E-state index in [0.29, 0.717) is 12.8 Å². The second kappa shape index (κ2) is 11.5. The zero-order valence-electron chi connectivity index (χ0n) is 18.3. The van der Waals surface area contributed by atoms with Crippen LogP contribution in [0.15, 0.2) is 30.3 Å². The third kappa shape index (κ3) is 7.13. The molecule has 1 aromatic carbocycles. The lowest BCUT2D eigenvalue weighted by Crippen LogP contribution is -2.48. The molecule has 0 spiro atoms. The first-order valence-corrected chi connectivity index (χ1v) is 11.5. The summed E-state index contributed by atoms with van der Waals surface area (Å²) in [7, 11) is 0. The van der Waals surface area contributed by atoms with Crippen molar-refractivity contribution < 1.29 is 14.3 Å². The average Bonchev–Trinajstić information content (AvgIpc) is 3.20. The third-order valence-electron chi connectivity index (χ3n) is 6.17. The van der Waals surface area contributed by atoms with E-state index in [1.54, 1.807) is 6.08 Å². The summed E-state index contributed by atoms with van der Waals surface area (Å²) in [6.45, 7) is 1.81. The molecule has 1 heterocycles. The smallest absolute Gasteiger partial charge is 0.331 e. The maximum atomic E-state index is 12.2. The molecule has 0 aromatic heterocycles. The highest BCUT2D eigenvalue weighted by molar-refractivity contribution is 5.89. The van der Waals surface area contributed by atoms with Gasteiger partial charge >= 0.3 is 5.97 Å². The van der Waals surface area contributed by atoms with Crippen molar-refractivity contribution in [2.24, 2.45) is 0 Å². The minimum Gasteiger partial charge on any atom is -0.452 e. The van der Waals surface area contributed by atoms with Crippen LogP contribution >= 0.6 is 0 Å². The van der Waals surface area contributed by atoms with Gasteiger partial charge in [-0.1, -0.05) is 50.7 Å². The van der Waals surface area contributed by atoms with Gasteiger partial charge in [0.15, 0.2) is 6.61 Å². The molecule has 1 aliphatic heterocycles. The quantitative estimate of drug-likeness (QED) is 0.418. The number of anilines is 1. The van der Waals surface area contributed by atoms with Crippen molar-refractivity contribution in [3.8, 4) is 6.07 Å². The molecule has 0 atom stereocenters. The highest BCUT2D eigenvalue weighted by Gasteiger charge is 2.32. The fourth-order valence-electron chi connectivity index (χ4n) is 4.37. The van der Waals surface area contributed by atoms with Crippen LogP contribution in [0.4, 0.5) is 5.69 Å². The fourth-order valence-corrected chi connectivity index (χ4v) is 4.37. The Bertz CT molecular complexity index is 794. The van der Waals surface area contributed by atoms with Crippen molar-refractivity contribution in [2.45, 2.75) is 69.7 Å². The fraction of sp³-hybridized carbons (Fsp3) is 0.560. The van der Waals surface area contributed by atoms with Crippen LogP contribution in [0.1, 0.15) is 69.8 Å². The Morgan fingerprint density at radius 3 is 2.23 bits per heavy atom. The number of nitrogens with one attached hydrogen (secondary N) is 1. The molecular formula is C25H33N3O3. The molecule has 1 saturated heterocycles. The molecule has 2 aliphatic rings. The molecule has 1 aliphatic carbocycles. The first-order chi connectivity index (χ1) is 15.1. The Kier molecular flexibility index (Phi) is 8.52. The van der Waals surface area contributed by atoms with E-state index in [2.05, 4.69) is 28.4 Å². The molecule has 1 saturated carbocycles. The molecule has 0 unspecified atom stereocenters. The number of nitriles is 1. The summed E-state index contributed by atoms with van der Waals surface area (Å²) in [5.41, 5.74) is 1.29. The molecule has 166 valence electrons. The molecule has 1 amide bonds. The van der Waals surface area contributed by atoms with Crippen LogP contribution in [0.5, 0.6) is 0 Å². The van der Waals surface area contributed by atoms with Gasteiger partial charge in [0, 0.05) is 24.9 Å². The first-order valence-electron chi connectivity index (χ1n) is 11.5. The molecule has 0 radical (unpaired) electrons. The highest BCUT2D eigenvalue weighted by Crippen LogP contribution is 2.26. The second-order valence-corrected chi connectivity index (χ2v) is 8.59. The number of ether oxygens (including phenoxy) is 1. The van der Waals surface area contributed by atoms with Crippen LogP contribution in [-0.4, -0.2) is 37.1 Å². The second-order valence-electron chi connectivity index (χ2n) is 8.59. The zero-order valence-corrected chi connectivity index (χ0v) is 18.3. The van der Waals surface area contributed by atoms with Gasteiger partial charge in [-0.25, -0.2) is 4.79 Å². The summed E-state index contributed by atoms with van der Waals surface area (Å²) < 4.78 is 5.07. The molecule has 1 aromatic rings. The number of esters is 1. The Hall–Kier alpha value is -2.81. The van der Waals surface area contributed by atoms with Gasteiger partial charge in [0.1, 0.15) is 5.54 Å². The molecule has 31 heavy (non-hydrogen) atoms. The Morgan fingerprint density at radius 1 is 1.00 bits per heavy atom. The minimum absolute atomic E-state index is 0.375. The van der Waals surface area contributed by atoms with Crippen molar-refractivity contribution in [1.82, 2.24) is 5.32 Å². The number of carbonyl (C=O) groups excluding carboxylic acids is 2. The predicted molar refractivity (Wildman–Crippen MR) is 121 cm³/mol. The summed E-state index contributed by atoms with van der Waals surface area (Å²) in [6, 6.07) is 10.4. The number of hydrogen-bond donors (Lipinski definition) is 1. The van der Waals surface area contributed by atoms with E-state index in [1.165, 1.54) is 37.4 Å². The monoisotopic (exact) mass is 423 g/mol. The molecule has 2 fully saturated rings. The minimum atomic E-state index is -0.828. The van der Waals surface area contributed by atoms with E-state index in [9.17, 15) is 14.9 Å². The predicted octanol–water partition coefficient (Wildman–Crippen LogP) is 4.36. The van der Waals surface area contributed by atoms with Crippen molar-refractivity contribution in [1.29, 1.82) is 5.26 Å². The van der Waals surface area contributed by atoms with E-state index in [1.807, 2.05) is 12.1 Å². The summed E-state index contributed by atoms with van der Waals surface area (Å²) >= 11 is 0. The summed E-state index contributed by atoms with van der Waals surface area (Å²) in [5.74, 6) is -0.995. The van der Waals surface area contributed by atoms with Crippen LogP contribution in [0.25, 0.3) is 6.08 Å². The lowest BCUT2D eigenvalue weighted by atomic mass is 9.92. The summed E-state index contributed by atoms with van der Waals surface area (Å²) in [4.78, 5) is 26.6.